The molecule has 0 bridgehead atoms. The van der Waals surface area contributed by atoms with Crippen molar-refractivity contribution in [2.24, 2.45) is 0 Å². The molecule has 1 aromatic rings. The molecule has 0 fully saturated rings. The Balaban J connectivity index is 3.04. The highest BCUT2D eigenvalue weighted by molar-refractivity contribution is 7.89. The minimum Gasteiger partial charge on any atom is -0.495 e. The summed E-state index contributed by atoms with van der Waals surface area (Å²) < 4.78 is 31.5. The van der Waals surface area contributed by atoms with E-state index in [1.54, 1.807) is 25.1 Å². The molecule has 0 spiro atoms. The lowest BCUT2D eigenvalue weighted by molar-refractivity contribution is 0.253. The number of benzene rings is 1. The van der Waals surface area contributed by atoms with Crippen molar-refractivity contribution in [3.8, 4) is 5.75 Å². The molecule has 0 radical (unpaired) electrons. The predicted octanol–water partition coefficient (Wildman–Crippen LogP) is 0.744. The maximum atomic E-state index is 12.0. The first-order valence-corrected chi connectivity index (χ1v) is 6.79. The molecule has 2 N–H and O–H groups in total. The van der Waals surface area contributed by atoms with Gasteiger partial charge in [0.2, 0.25) is 10.0 Å². The molecule has 0 saturated heterocycles. The quantitative estimate of drug-likeness (QED) is 0.790. The fourth-order valence-corrected chi connectivity index (χ4v) is 2.85. The van der Waals surface area contributed by atoms with Gasteiger partial charge in [0, 0.05) is 6.04 Å². The second-order valence-electron chi connectivity index (χ2n) is 3.56. The average molecular weight is 259 g/mol. The molecule has 1 aromatic carbocycles. The zero-order chi connectivity index (χ0) is 12.9. The highest BCUT2D eigenvalue weighted by Crippen LogP contribution is 2.22. The number of methoxy groups -OCH3 is 1. The molecule has 0 aliphatic rings. The molecule has 1 atom stereocenters. The zero-order valence-electron chi connectivity index (χ0n) is 9.88. The predicted molar refractivity (Wildman–Crippen MR) is 64.5 cm³/mol. The van der Waals surface area contributed by atoms with Crippen LogP contribution in [0.1, 0.15) is 13.3 Å². The Hall–Kier alpha value is -1.11. The number of aliphatic hydroxyl groups is 1. The van der Waals surface area contributed by atoms with Gasteiger partial charge < -0.3 is 9.84 Å². The van der Waals surface area contributed by atoms with Crippen molar-refractivity contribution in [1.29, 1.82) is 0 Å². The van der Waals surface area contributed by atoms with Crippen LogP contribution in [0, 0.1) is 0 Å². The standard InChI is InChI=1S/C11H17NO4S/c1-3-9(8-13)12-17(14,15)11-7-5-4-6-10(11)16-2/h4-7,9,12-13H,3,8H2,1-2H3/t9-/m1/s1. The van der Waals surface area contributed by atoms with E-state index in [1.165, 1.54) is 13.2 Å². The van der Waals surface area contributed by atoms with Crippen LogP contribution in [0.4, 0.5) is 0 Å². The number of sulfonamides is 1. The fraction of sp³-hybridized carbons (Fsp3) is 0.455. The minimum absolute atomic E-state index is 0.0781. The highest BCUT2D eigenvalue weighted by atomic mass is 32.2. The maximum Gasteiger partial charge on any atom is 0.244 e. The molecule has 0 amide bonds. The maximum absolute atomic E-state index is 12.0. The van der Waals surface area contributed by atoms with Crippen molar-refractivity contribution in [2.75, 3.05) is 13.7 Å². The number of ether oxygens (including phenoxy) is 1. The van der Waals surface area contributed by atoms with Crippen LogP contribution in [0.3, 0.4) is 0 Å². The van der Waals surface area contributed by atoms with Gasteiger partial charge in [-0.15, -0.1) is 0 Å². The minimum atomic E-state index is -3.66. The van der Waals surface area contributed by atoms with Gasteiger partial charge in [0.25, 0.3) is 0 Å². The van der Waals surface area contributed by atoms with Crippen molar-refractivity contribution in [3.63, 3.8) is 0 Å². The van der Waals surface area contributed by atoms with Crippen LogP contribution in [-0.2, 0) is 10.0 Å². The largest absolute Gasteiger partial charge is 0.495 e. The molecular weight excluding hydrogens is 242 g/mol. The molecule has 0 unspecified atom stereocenters. The Morgan fingerprint density at radius 1 is 1.41 bits per heavy atom. The van der Waals surface area contributed by atoms with E-state index in [-0.39, 0.29) is 17.3 Å². The lowest BCUT2D eigenvalue weighted by atomic mass is 10.3. The summed E-state index contributed by atoms with van der Waals surface area (Å²) >= 11 is 0. The molecular formula is C11H17NO4S. The Kier molecular flexibility index (Phi) is 4.92. The molecule has 0 saturated carbocycles. The second kappa shape index (κ2) is 6.00. The van der Waals surface area contributed by atoms with Crippen LogP contribution >= 0.6 is 0 Å². The molecule has 1 rings (SSSR count). The van der Waals surface area contributed by atoms with Crippen molar-refractivity contribution in [2.45, 2.75) is 24.3 Å². The number of hydrogen-bond donors (Lipinski definition) is 2. The SMILES string of the molecule is CC[C@H](CO)NS(=O)(=O)c1ccccc1OC. The van der Waals surface area contributed by atoms with E-state index in [9.17, 15) is 8.42 Å². The van der Waals surface area contributed by atoms with Crippen molar-refractivity contribution >= 4 is 10.0 Å². The highest BCUT2D eigenvalue weighted by Gasteiger charge is 2.21. The van der Waals surface area contributed by atoms with Gasteiger partial charge in [0.15, 0.2) is 0 Å². The molecule has 5 nitrogen and oxygen atoms in total. The van der Waals surface area contributed by atoms with Crippen molar-refractivity contribution in [3.05, 3.63) is 24.3 Å². The van der Waals surface area contributed by atoms with Crippen LogP contribution in [0.5, 0.6) is 5.75 Å². The topological polar surface area (TPSA) is 75.6 Å². The summed E-state index contributed by atoms with van der Waals surface area (Å²) in [7, 11) is -2.25. The lowest BCUT2D eigenvalue weighted by Gasteiger charge is -2.15. The van der Waals surface area contributed by atoms with E-state index in [2.05, 4.69) is 4.72 Å². The Bertz CT molecular complexity index is 454. The van der Waals surface area contributed by atoms with Crippen molar-refractivity contribution in [1.82, 2.24) is 4.72 Å². The number of nitrogens with one attached hydrogen (secondary N) is 1. The molecule has 17 heavy (non-hydrogen) atoms. The Morgan fingerprint density at radius 3 is 2.59 bits per heavy atom. The van der Waals surface area contributed by atoms with Crippen LogP contribution in [0.15, 0.2) is 29.2 Å². The van der Waals surface area contributed by atoms with Gasteiger partial charge in [-0.3, -0.25) is 0 Å². The van der Waals surface area contributed by atoms with Gasteiger partial charge in [-0.25, -0.2) is 13.1 Å². The van der Waals surface area contributed by atoms with Gasteiger partial charge >= 0.3 is 0 Å². The smallest absolute Gasteiger partial charge is 0.244 e. The zero-order valence-corrected chi connectivity index (χ0v) is 10.7. The monoisotopic (exact) mass is 259 g/mol. The molecule has 6 heteroatoms. The van der Waals surface area contributed by atoms with E-state index in [1.807, 2.05) is 0 Å². The van der Waals surface area contributed by atoms with E-state index >= 15 is 0 Å². The first-order chi connectivity index (χ1) is 8.05. The van der Waals surface area contributed by atoms with Crippen LogP contribution in [0.2, 0.25) is 0 Å². The molecule has 0 aromatic heterocycles. The number of hydrogen-bond acceptors (Lipinski definition) is 4. The van der Waals surface area contributed by atoms with E-state index in [0.717, 1.165) is 0 Å². The summed E-state index contributed by atoms with van der Waals surface area (Å²) in [6.45, 7) is 1.57. The van der Waals surface area contributed by atoms with E-state index < -0.39 is 16.1 Å². The van der Waals surface area contributed by atoms with Crippen molar-refractivity contribution < 1.29 is 18.3 Å². The van der Waals surface area contributed by atoms with Crippen LogP contribution in [-0.4, -0.2) is 33.3 Å². The molecule has 0 heterocycles. The lowest BCUT2D eigenvalue weighted by Crippen LogP contribution is -2.37. The average Bonchev–Trinajstić information content (AvgIpc) is 2.35. The summed E-state index contributed by atoms with van der Waals surface area (Å²) in [5.41, 5.74) is 0. The Labute approximate surface area is 101 Å². The van der Waals surface area contributed by atoms with Gasteiger partial charge in [-0.1, -0.05) is 19.1 Å². The van der Waals surface area contributed by atoms with Gasteiger partial charge in [-0.05, 0) is 18.6 Å². The molecule has 0 aliphatic heterocycles. The summed E-state index contributed by atoms with van der Waals surface area (Å²) in [5.74, 6) is 0.285. The Morgan fingerprint density at radius 2 is 2.06 bits per heavy atom. The summed E-state index contributed by atoms with van der Waals surface area (Å²) in [4.78, 5) is 0.0781. The van der Waals surface area contributed by atoms with Gasteiger partial charge in [0.1, 0.15) is 10.6 Å². The first kappa shape index (κ1) is 14.0. The summed E-state index contributed by atoms with van der Waals surface area (Å²) in [6.07, 6.45) is 0.519. The third kappa shape index (κ3) is 3.42. The van der Waals surface area contributed by atoms with E-state index in [0.29, 0.717) is 6.42 Å². The third-order valence-corrected chi connectivity index (χ3v) is 3.95. The summed E-state index contributed by atoms with van der Waals surface area (Å²) in [5, 5.41) is 9.00. The number of para-hydroxylation sites is 1. The third-order valence-electron chi connectivity index (χ3n) is 2.39. The number of aliphatic hydroxyl groups excluding tert-OH is 1. The van der Waals surface area contributed by atoms with Gasteiger partial charge in [0.05, 0.1) is 13.7 Å². The van der Waals surface area contributed by atoms with Gasteiger partial charge in [-0.2, -0.15) is 0 Å². The van der Waals surface area contributed by atoms with Crippen LogP contribution < -0.4 is 9.46 Å². The number of rotatable bonds is 6. The summed E-state index contributed by atoms with van der Waals surface area (Å²) in [6, 6.07) is 5.88. The van der Waals surface area contributed by atoms with E-state index in [4.69, 9.17) is 9.84 Å². The second-order valence-corrected chi connectivity index (χ2v) is 5.24. The first-order valence-electron chi connectivity index (χ1n) is 5.31. The fourth-order valence-electron chi connectivity index (χ4n) is 1.37. The van der Waals surface area contributed by atoms with Crippen LogP contribution in [0.25, 0.3) is 0 Å². The molecule has 0 aliphatic carbocycles. The normalized spacial score (nSPS) is 13.4. The molecule has 96 valence electrons.